The van der Waals surface area contributed by atoms with Gasteiger partial charge in [-0.3, -0.25) is 10.1 Å². The van der Waals surface area contributed by atoms with Crippen LogP contribution in [0.25, 0.3) is 10.8 Å². The third-order valence-electron chi connectivity index (χ3n) is 2.89. The highest BCUT2D eigenvalue weighted by Crippen LogP contribution is 2.33. The van der Waals surface area contributed by atoms with Crippen molar-refractivity contribution < 1.29 is 19.2 Å². The molecule has 2 aromatic rings. The van der Waals surface area contributed by atoms with Gasteiger partial charge in [0, 0.05) is 11.5 Å². The normalized spacial score (nSPS) is 11.9. The van der Waals surface area contributed by atoms with Gasteiger partial charge in [-0.05, 0) is 19.1 Å². The fourth-order valence-electron chi connectivity index (χ4n) is 1.92. The third kappa shape index (κ3) is 2.54. The van der Waals surface area contributed by atoms with Gasteiger partial charge in [-0.15, -0.1) is 0 Å². The average molecular weight is 275 g/mol. The van der Waals surface area contributed by atoms with Gasteiger partial charge < -0.3 is 9.47 Å². The van der Waals surface area contributed by atoms with Crippen LogP contribution in [0.2, 0.25) is 0 Å². The lowest BCUT2D eigenvalue weighted by Gasteiger charge is -2.14. The molecule has 0 radical (unpaired) electrons. The molecule has 0 aliphatic rings. The molecule has 1 atom stereocenters. The molecule has 104 valence electrons. The molecule has 0 heterocycles. The van der Waals surface area contributed by atoms with Crippen molar-refractivity contribution in [3.8, 4) is 5.75 Å². The van der Waals surface area contributed by atoms with Gasteiger partial charge in [0.2, 0.25) is 0 Å². The van der Waals surface area contributed by atoms with Gasteiger partial charge in [0.1, 0.15) is 5.75 Å². The Balaban J connectivity index is 2.48. The number of nitro benzene ring substituents is 1. The highest BCUT2D eigenvalue weighted by Gasteiger charge is 2.19. The molecule has 0 aliphatic heterocycles. The Morgan fingerprint density at radius 3 is 2.45 bits per heavy atom. The summed E-state index contributed by atoms with van der Waals surface area (Å²) < 4.78 is 10.1. The van der Waals surface area contributed by atoms with E-state index in [1.807, 2.05) is 0 Å². The fourth-order valence-corrected chi connectivity index (χ4v) is 1.92. The Hall–Kier alpha value is -2.63. The lowest BCUT2D eigenvalue weighted by molar-refractivity contribution is -0.383. The predicted octanol–water partition coefficient (Wildman–Crippen LogP) is 2.69. The Labute approximate surface area is 115 Å². The number of hydrogen-bond donors (Lipinski definition) is 0. The second kappa shape index (κ2) is 5.56. The first kappa shape index (κ1) is 13.8. The second-order valence-corrected chi connectivity index (χ2v) is 4.17. The lowest BCUT2D eigenvalue weighted by Crippen LogP contribution is -2.24. The molecule has 0 aromatic heterocycles. The molecule has 0 N–H and O–H groups in total. The first-order chi connectivity index (χ1) is 9.54. The van der Waals surface area contributed by atoms with Crippen molar-refractivity contribution >= 4 is 22.4 Å². The molecule has 6 nitrogen and oxygen atoms in total. The van der Waals surface area contributed by atoms with Crippen molar-refractivity contribution in [2.45, 2.75) is 13.0 Å². The summed E-state index contributed by atoms with van der Waals surface area (Å²) >= 11 is 0. The number of carbonyl (C=O) groups excluding carboxylic acids is 1. The van der Waals surface area contributed by atoms with Crippen molar-refractivity contribution in [1.82, 2.24) is 0 Å². The van der Waals surface area contributed by atoms with E-state index in [2.05, 4.69) is 4.74 Å². The summed E-state index contributed by atoms with van der Waals surface area (Å²) in [5.41, 5.74) is -0.00123. The van der Waals surface area contributed by atoms with Crippen LogP contribution < -0.4 is 4.74 Å². The average Bonchev–Trinajstić information content (AvgIpc) is 2.46. The van der Waals surface area contributed by atoms with Crippen molar-refractivity contribution in [3.05, 3.63) is 46.5 Å². The molecule has 0 bridgehead atoms. The van der Waals surface area contributed by atoms with Crippen molar-refractivity contribution in [2.75, 3.05) is 7.11 Å². The number of non-ortho nitro benzene ring substituents is 1. The SMILES string of the molecule is COC(=O)[C@@H](C)Oc1ccc([N+](=O)[O-])c2ccccc12. The number of ether oxygens (including phenoxy) is 2. The summed E-state index contributed by atoms with van der Waals surface area (Å²) in [6, 6.07) is 9.66. The summed E-state index contributed by atoms with van der Waals surface area (Å²) in [5.74, 6) is -0.100. The van der Waals surface area contributed by atoms with Gasteiger partial charge in [0.15, 0.2) is 6.10 Å². The molecule has 0 amide bonds. The molecule has 0 fully saturated rings. The van der Waals surface area contributed by atoms with Gasteiger partial charge in [0.05, 0.1) is 17.4 Å². The highest BCUT2D eigenvalue weighted by molar-refractivity contribution is 5.95. The number of fused-ring (bicyclic) bond motifs is 1. The first-order valence-corrected chi connectivity index (χ1v) is 5.95. The van der Waals surface area contributed by atoms with Crippen LogP contribution in [0.5, 0.6) is 5.75 Å². The maximum atomic E-state index is 11.4. The number of nitro groups is 1. The number of hydrogen-bond acceptors (Lipinski definition) is 5. The smallest absolute Gasteiger partial charge is 0.346 e. The molecular formula is C14H13NO5. The first-order valence-electron chi connectivity index (χ1n) is 5.95. The van der Waals surface area contributed by atoms with E-state index in [1.165, 1.54) is 19.2 Å². The quantitative estimate of drug-likeness (QED) is 0.487. The standard InChI is InChI=1S/C14H13NO5/c1-9(14(16)19-2)20-13-8-7-12(15(17)18)10-5-3-4-6-11(10)13/h3-9H,1-2H3/t9-/m1/s1. The number of nitrogens with zero attached hydrogens (tertiary/aromatic N) is 1. The Kier molecular flexibility index (Phi) is 3.84. The van der Waals surface area contributed by atoms with E-state index >= 15 is 0 Å². The van der Waals surface area contributed by atoms with Crippen LogP contribution in [0.4, 0.5) is 5.69 Å². The van der Waals surface area contributed by atoms with Crippen molar-refractivity contribution in [3.63, 3.8) is 0 Å². The lowest BCUT2D eigenvalue weighted by atomic mass is 10.1. The highest BCUT2D eigenvalue weighted by atomic mass is 16.6. The maximum Gasteiger partial charge on any atom is 0.346 e. The van der Waals surface area contributed by atoms with Crippen LogP contribution in [0, 0.1) is 10.1 Å². The predicted molar refractivity (Wildman–Crippen MR) is 72.7 cm³/mol. The minimum absolute atomic E-state index is 0.00123. The zero-order chi connectivity index (χ0) is 14.7. The molecule has 20 heavy (non-hydrogen) atoms. The number of methoxy groups -OCH3 is 1. The molecule has 2 aromatic carbocycles. The monoisotopic (exact) mass is 275 g/mol. The van der Waals surface area contributed by atoms with Gasteiger partial charge in [0.25, 0.3) is 5.69 Å². The van der Waals surface area contributed by atoms with Gasteiger partial charge in [-0.1, -0.05) is 18.2 Å². The summed E-state index contributed by atoms with van der Waals surface area (Å²) in [5, 5.41) is 12.0. The summed E-state index contributed by atoms with van der Waals surface area (Å²) in [7, 11) is 1.27. The summed E-state index contributed by atoms with van der Waals surface area (Å²) in [4.78, 5) is 21.9. The maximum absolute atomic E-state index is 11.4. The van der Waals surface area contributed by atoms with E-state index in [4.69, 9.17) is 4.74 Å². The van der Waals surface area contributed by atoms with Crippen LogP contribution >= 0.6 is 0 Å². The van der Waals surface area contributed by atoms with E-state index in [0.717, 1.165) is 0 Å². The Morgan fingerprint density at radius 1 is 1.20 bits per heavy atom. The largest absolute Gasteiger partial charge is 0.478 e. The molecule has 0 aliphatic carbocycles. The fraction of sp³-hybridized carbons (Fsp3) is 0.214. The van der Waals surface area contributed by atoms with Crippen molar-refractivity contribution in [1.29, 1.82) is 0 Å². The topological polar surface area (TPSA) is 78.7 Å². The Morgan fingerprint density at radius 2 is 1.85 bits per heavy atom. The number of benzene rings is 2. The molecule has 0 saturated heterocycles. The molecule has 0 saturated carbocycles. The summed E-state index contributed by atoms with van der Waals surface area (Å²) in [6.45, 7) is 1.56. The zero-order valence-corrected chi connectivity index (χ0v) is 11.0. The van der Waals surface area contributed by atoms with Crippen LogP contribution in [-0.2, 0) is 9.53 Å². The van der Waals surface area contributed by atoms with E-state index in [0.29, 0.717) is 16.5 Å². The van der Waals surface area contributed by atoms with Crippen molar-refractivity contribution in [2.24, 2.45) is 0 Å². The number of esters is 1. The molecule has 0 unspecified atom stereocenters. The third-order valence-corrected chi connectivity index (χ3v) is 2.89. The second-order valence-electron chi connectivity index (χ2n) is 4.17. The molecule has 6 heteroatoms. The molecule has 2 rings (SSSR count). The van der Waals surface area contributed by atoms with Gasteiger partial charge in [-0.2, -0.15) is 0 Å². The van der Waals surface area contributed by atoms with E-state index in [1.54, 1.807) is 31.2 Å². The minimum Gasteiger partial charge on any atom is -0.478 e. The van der Waals surface area contributed by atoms with E-state index < -0.39 is 17.0 Å². The van der Waals surface area contributed by atoms with Crippen LogP contribution in [0.1, 0.15) is 6.92 Å². The molecule has 0 spiro atoms. The van der Waals surface area contributed by atoms with Gasteiger partial charge >= 0.3 is 5.97 Å². The molecular weight excluding hydrogens is 262 g/mol. The Bertz CT molecular complexity index is 668. The van der Waals surface area contributed by atoms with E-state index in [9.17, 15) is 14.9 Å². The van der Waals surface area contributed by atoms with Crippen LogP contribution in [-0.4, -0.2) is 24.1 Å². The van der Waals surface area contributed by atoms with Gasteiger partial charge in [-0.25, -0.2) is 4.79 Å². The number of carbonyl (C=O) groups is 1. The summed E-state index contributed by atoms with van der Waals surface area (Å²) in [6.07, 6.45) is -0.787. The van der Waals surface area contributed by atoms with Crippen LogP contribution in [0.15, 0.2) is 36.4 Å². The minimum atomic E-state index is -0.787. The zero-order valence-electron chi connectivity index (χ0n) is 11.0. The van der Waals surface area contributed by atoms with E-state index in [-0.39, 0.29) is 5.69 Å². The van der Waals surface area contributed by atoms with Crippen LogP contribution in [0.3, 0.4) is 0 Å². The number of rotatable bonds is 4.